The Balaban J connectivity index is 2.09. The highest BCUT2D eigenvalue weighted by molar-refractivity contribution is 5.95. The summed E-state index contributed by atoms with van der Waals surface area (Å²) in [6.45, 7) is 4.51. The van der Waals surface area contributed by atoms with Gasteiger partial charge in [-0.25, -0.2) is 4.39 Å². The van der Waals surface area contributed by atoms with Gasteiger partial charge in [-0.1, -0.05) is 12.1 Å². The summed E-state index contributed by atoms with van der Waals surface area (Å²) in [4.78, 5) is 12.2. The van der Waals surface area contributed by atoms with Gasteiger partial charge in [0.25, 0.3) is 5.91 Å². The number of aromatic nitrogens is 2. The van der Waals surface area contributed by atoms with Gasteiger partial charge in [-0.05, 0) is 32.9 Å². The Hall–Kier alpha value is -2.58. The average molecular weight is 373 g/mol. The second kappa shape index (κ2) is 7.76. The molecular weight excluding hydrogens is 354 g/mol. The minimum Gasteiger partial charge on any atom is -0.488 e. The summed E-state index contributed by atoms with van der Waals surface area (Å²) in [5.41, 5.74) is -1.67. The van der Waals surface area contributed by atoms with Crippen molar-refractivity contribution in [3.63, 3.8) is 0 Å². The highest BCUT2D eigenvalue weighted by Gasteiger charge is 2.40. The average Bonchev–Trinajstić information content (AvgIpc) is 2.99. The van der Waals surface area contributed by atoms with Gasteiger partial charge in [0.2, 0.25) is 0 Å². The van der Waals surface area contributed by atoms with Crippen LogP contribution in [0.3, 0.4) is 0 Å². The van der Waals surface area contributed by atoms with E-state index in [0.29, 0.717) is 0 Å². The van der Waals surface area contributed by atoms with Crippen molar-refractivity contribution in [1.29, 1.82) is 0 Å². The molecule has 0 aliphatic carbocycles. The van der Waals surface area contributed by atoms with Crippen LogP contribution in [-0.2, 0) is 6.18 Å². The van der Waals surface area contributed by atoms with Crippen LogP contribution >= 0.6 is 0 Å². The number of para-hydroxylation sites is 1. The summed E-state index contributed by atoms with van der Waals surface area (Å²) >= 11 is 0. The Bertz CT molecular complexity index is 772. The topological polar surface area (TPSA) is 56.1 Å². The maximum atomic E-state index is 13.5. The molecule has 0 aliphatic heterocycles. The zero-order valence-electron chi connectivity index (χ0n) is 14.5. The summed E-state index contributed by atoms with van der Waals surface area (Å²) in [5.74, 6) is -1.49. The fraction of sp³-hybridized carbons (Fsp3) is 0.412. The lowest BCUT2D eigenvalue weighted by Gasteiger charge is -2.17. The molecule has 1 aromatic heterocycles. The number of carbonyl (C=O) groups excluding carboxylic acids is 1. The van der Waals surface area contributed by atoms with Crippen LogP contribution in [0.5, 0.6) is 5.75 Å². The summed E-state index contributed by atoms with van der Waals surface area (Å²) in [6.07, 6.45) is -3.83. The number of carbonyl (C=O) groups is 1. The molecule has 0 fully saturated rings. The van der Waals surface area contributed by atoms with E-state index in [4.69, 9.17) is 4.74 Å². The van der Waals surface area contributed by atoms with E-state index >= 15 is 0 Å². The smallest absolute Gasteiger partial charge is 0.433 e. The number of ether oxygens (including phenoxy) is 1. The van der Waals surface area contributed by atoms with Gasteiger partial charge in [-0.15, -0.1) is 0 Å². The van der Waals surface area contributed by atoms with Crippen LogP contribution in [0.25, 0.3) is 0 Å². The van der Waals surface area contributed by atoms with Crippen molar-refractivity contribution in [2.75, 3.05) is 6.61 Å². The molecule has 9 heteroatoms. The maximum absolute atomic E-state index is 13.5. The molecule has 0 spiro atoms. The third-order valence-electron chi connectivity index (χ3n) is 3.50. The number of hydrogen-bond acceptors (Lipinski definition) is 3. The van der Waals surface area contributed by atoms with Gasteiger partial charge in [-0.3, -0.25) is 9.48 Å². The second-order valence-electron chi connectivity index (χ2n) is 6.06. The number of rotatable bonds is 6. The van der Waals surface area contributed by atoms with Crippen molar-refractivity contribution >= 4 is 5.91 Å². The Kier molecular flexibility index (Phi) is 5.89. The van der Waals surface area contributed by atoms with E-state index in [-0.39, 0.29) is 12.4 Å². The van der Waals surface area contributed by atoms with Gasteiger partial charge >= 0.3 is 6.18 Å². The first-order valence-corrected chi connectivity index (χ1v) is 7.94. The van der Waals surface area contributed by atoms with Crippen LogP contribution in [0.15, 0.2) is 30.5 Å². The molecule has 1 heterocycles. The second-order valence-corrected chi connectivity index (χ2v) is 6.06. The van der Waals surface area contributed by atoms with E-state index in [1.807, 2.05) is 0 Å². The quantitative estimate of drug-likeness (QED) is 0.784. The summed E-state index contributed by atoms with van der Waals surface area (Å²) in [6, 6.07) is 4.50. The van der Waals surface area contributed by atoms with E-state index in [1.54, 1.807) is 13.0 Å². The summed E-state index contributed by atoms with van der Waals surface area (Å²) in [7, 11) is 0. The van der Waals surface area contributed by atoms with E-state index < -0.39 is 41.2 Å². The van der Waals surface area contributed by atoms with Crippen LogP contribution in [-0.4, -0.2) is 28.3 Å². The number of nitrogens with zero attached hydrogens (tertiary/aromatic N) is 2. The van der Waals surface area contributed by atoms with Crippen LogP contribution in [0, 0.1) is 5.82 Å². The van der Waals surface area contributed by atoms with Crippen molar-refractivity contribution < 1.29 is 27.1 Å². The Labute approximate surface area is 148 Å². The zero-order valence-corrected chi connectivity index (χ0v) is 14.5. The van der Waals surface area contributed by atoms with Crippen molar-refractivity contribution in [2.24, 2.45) is 0 Å². The Morgan fingerprint density at radius 1 is 1.27 bits per heavy atom. The number of alkyl halides is 3. The van der Waals surface area contributed by atoms with Gasteiger partial charge in [0.1, 0.15) is 6.61 Å². The molecule has 0 saturated carbocycles. The predicted molar refractivity (Wildman–Crippen MR) is 86.4 cm³/mol. The minimum absolute atomic E-state index is 0.00259. The number of benzene rings is 1. The molecule has 0 bridgehead atoms. The molecule has 2 aromatic rings. The molecule has 1 aromatic carbocycles. The first kappa shape index (κ1) is 19.7. The molecule has 142 valence electrons. The normalized spacial score (nSPS) is 12.9. The monoisotopic (exact) mass is 373 g/mol. The highest BCUT2D eigenvalue weighted by Crippen LogP contribution is 2.33. The molecule has 0 saturated heterocycles. The van der Waals surface area contributed by atoms with Crippen LogP contribution in [0.1, 0.15) is 42.9 Å². The van der Waals surface area contributed by atoms with Gasteiger partial charge in [0, 0.05) is 6.04 Å². The van der Waals surface area contributed by atoms with Crippen molar-refractivity contribution in [2.45, 2.75) is 39.0 Å². The number of nitrogens with one attached hydrogen (secondary N) is 1. The fourth-order valence-electron chi connectivity index (χ4n) is 2.32. The Morgan fingerprint density at radius 2 is 1.92 bits per heavy atom. The van der Waals surface area contributed by atoms with Gasteiger partial charge < -0.3 is 10.1 Å². The van der Waals surface area contributed by atoms with Gasteiger partial charge in [-0.2, -0.15) is 18.3 Å². The predicted octanol–water partition coefficient (Wildman–Crippen LogP) is 3.82. The molecule has 1 atom stereocenters. The SMILES string of the molecule is CC(COc1ccccc1F)NC(=O)c1cnn(C(C)C)c1C(F)(F)F. The first-order valence-electron chi connectivity index (χ1n) is 7.94. The molecule has 1 amide bonds. The van der Waals surface area contributed by atoms with E-state index in [1.165, 1.54) is 32.0 Å². The highest BCUT2D eigenvalue weighted by atomic mass is 19.4. The first-order chi connectivity index (χ1) is 12.1. The lowest BCUT2D eigenvalue weighted by Crippen LogP contribution is -2.37. The van der Waals surface area contributed by atoms with Crippen molar-refractivity contribution in [3.05, 3.63) is 47.5 Å². The largest absolute Gasteiger partial charge is 0.488 e. The minimum atomic E-state index is -4.72. The molecular formula is C17H19F4N3O2. The number of amides is 1. The third-order valence-corrected chi connectivity index (χ3v) is 3.50. The third kappa shape index (κ3) is 4.53. The van der Waals surface area contributed by atoms with Gasteiger partial charge in [0.15, 0.2) is 17.3 Å². The lowest BCUT2D eigenvalue weighted by atomic mass is 10.2. The van der Waals surface area contributed by atoms with E-state index in [0.717, 1.165) is 10.9 Å². The van der Waals surface area contributed by atoms with Gasteiger partial charge in [0.05, 0.1) is 17.8 Å². The molecule has 0 aliphatic rings. The maximum Gasteiger partial charge on any atom is 0.433 e. The molecule has 0 radical (unpaired) electrons. The fourth-order valence-corrected chi connectivity index (χ4v) is 2.32. The lowest BCUT2D eigenvalue weighted by molar-refractivity contribution is -0.145. The zero-order chi connectivity index (χ0) is 19.5. The van der Waals surface area contributed by atoms with Crippen LogP contribution in [0.4, 0.5) is 17.6 Å². The summed E-state index contributed by atoms with van der Waals surface area (Å²) < 4.78 is 59.4. The van der Waals surface area contributed by atoms with Crippen LogP contribution < -0.4 is 10.1 Å². The number of hydrogen-bond donors (Lipinski definition) is 1. The standard InChI is InChI=1S/C17H19F4N3O2/c1-10(2)24-15(17(19,20)21)12(8-22-24)16(25)23-11(3)9-26-14-7-5-4-6-13(14)18/h4-8,10-11H,9H2,1-3H3,(H,23,25). The molecule has 26 heavy (non-hydrogen) atoms. The Morgan fingerprint density at radius 3 is 2.50 bits per heavy atom. The number of halogens is 4. The van der Waals surface area contributed by atoms with E-state index in [9.17, 15) is 22.4 Å². The van der Waals surface area contributed by atoms with Crippen molar-refractivity contribution in [1.82, 2.24) is 15.1 Å². The van der Waals surface area contributed by atoms with Crippen molar-refractivity contribution in [3.8, 4) is 5.75 Å². The molecule has 5 nitrogen and oxygen atoms in total. The van der Waals surface area contributed by atoms with E-state index in [2.05, 4.69) is 10.4 Å². The van der Waals surface area contributed by atoms with Crippen LogP contribution in [0.2, 0.25) is 0 Å². The molecule has 1 N–H and O–H groups in total. The summed E-state index contributed by atoms with van der Waals surface area (Å²) in [5, 5.41) is 6.08. The molecule has 2 rings (SSSR count). The molecule has 1 unspecified atom stereocenters.